The van der Waals surface area contributed by atoms with Crippen LogP contribution < -0.4 is 25.3 Å². The van der Waals surface area contributed by atoms with Gasteiger partial charge in [-0.25, -0.2) is 4.39 Å². The van der Waals surface area contributed by atoms with E-state index in [0.717, 1.165) is 12.1 Å². The molecule has 0 spiro atoms. The van der Waals surface area contributed by atoms with Crippen LogP contribution in [0.2, 0.25) is 0 Å². The molecule has 2 amide bonds. The number of aryl methyl sites for hydroxylation is 2. The third-order valence-corrected chi connectivity index (χ3v) is 4.70. The summed E-state index contributed by atoms with van der Waals surface area (Å²) in [4.78, 5) is 28.4. The van der Waals surface area contributed by atoms with Crippen molar-refractivity contribution in [2.45, 2.75) is 20.2 Å². The second-order valence-electron chi connectivity index (χ2n) is 7.23. The van der Waals surface area contributed by atoms with Crippen molar-refractivity contribution in [3.05, 3.63) is 70.5 Å². The lowest BCUT2D eigenvalue weighted by Gasteiger charge is -2.17. The maximum absolute atomic E-state index is 15.2. The molecule has 8 nitrogen and oxygen atoms in total. The van der Waals surface area contributed by atoms with Gasteiger partial charge >= 0.3 is 6.36 Å². The van der Waals surface area contributed by atoms with E-state index in [1.54, 1.807) is 0 Å². The first-order valence-electron chi connectivity index (χ1n) is 11.3. The first kappa shape index (κ1) is 22.1. The number of carbonyl (C=O) groups excluding carboxylic acids is 2. The monoisotopic (exact) mass is 514 g/mol. The Bertz CT molecular complexity index is 1450. The van der Waals surface area contributed by atoms with Gasteiger partial charge in [0.25, 0.3) is 11.8 Å². The standard InChI is InChI=1S/C23H18F5N3O5/c1-10-4-5-14(35-16-7-6-15(36-23(26,27)28)19(25)20(16)34-3)17(18(10)24)22(33)31-12-8-13(21(29)32)30-9-11(12)2/h4-9H,1-3H3,(H2,29,32)(H,30,31,33)/i3D3. The van der Waals surface area contributed by atoms with Gasteiger partial charge in [0.2, 0.25) is 11.6 Å². The molecule has 2 aromatic carbocycles. The van der Waals surface area contributed by atoms with Crippen molar-refractivity contribution in [2.24, 2.45) is 5.73 Å². The van der Waals surface area contributed by atoms with Gasteiger partial charge in [0, 0.05) is 11.9 Å². The molecule has 3 N–H and O–H groups in total. The number of benzene rings is 2. The Morgan fingerprint density at radius 1 is 1.03 bits per heavy atom. The average Bonchev–Trinajstić information content (AvgIpc) is 2.80. The Labute approximate surface area is 205 Å². The number of ether oxygens (including phenoxy) is 3. The molecular weight excluding hydrogens is 493 g/mol. The fraction of sp³-hybridized carbons (Fsp3) is 0.174. The number of aromatic nitrogens is 1. The summed E-state index contributed by atoms with van der Waals surface area (Å²) in [5.41, 5.74) is 4.60. The normalized spacial score (nSPS) is 12.7. The summed E-state index contributed by atoms with van der Waals surface area (Å²) in [5, 5.41) is 2.37. The number of alkyl halides is 3. The molecule has 0 aliphatic heterocycles. The number of halogens is 5. The number of hydrogen-bond donors (Lipinski definition) is 2. The molecule has 1 aromatic heterocycles. The molecular formula is C23H18F5N3O5. The highest BCUT2D eigenvalue weighted by Crippen LogP contribution is 2.41. The molecule has 36 heavy (non-hydrogen) atoms. The van der Waals surface area contributed by atoms with Crippen LogP contribution in [-0.2, 0) is 0 Å². The SMILES string of the molecule is [2H]C([2H])([2H])Oc1c(Oc2ccc(C)c(F)c2C(=O)Nc2cc(C(N)=O)ncc2C)ccc(OC(F)(F)F)c1F. The largest absolute Gasteiger partial charge is 0.573 e. The van der Waals surface area contributed by atoms with Crippen LogP contribution in [0, 0.1) is 25.5 Å². The van der Waals surface area contributed by atoms with Crippen LogP contribution in [0.1, 0.15) is 36.1 Å². The van der Waals surface area contributed by atoms with Gasteiger partial charge in [-0.1, -0.05) is 6.07 Å². The zero-order chi connectivity index (χ0) is 29.3. The number of amides is 2. The number of primary amides is 1. The van der Waals surface area contributed by atoms with E-state index in [9.17, 15) is 27.2 Å². The quantitative estimate of drug-likeness (QED) is 0.428. The number of nitrogens with one attached hydrogen (secondary N) is 1. The second kappa shape index (κ2) is 10.1. The fourth-order valence-corrected chi connectivity index (χ4v) is 2.95. The zero-order valence-electron chi connectivity index (χ0n) is 21.4. The Morgan fingerprint density at radius 3 is 2.33 bits per heavy atom. The minimum Gasteiger partial charge on any atom is -0.490 e. The van der Waals surface area contributed by atoms with E-state index in [1.165, 1.54) is 26.1 Å². The van der Waals surface area contributed by atoms with Gasteiger partial charge in [-0.3, -0.25) is 14.6 Å². The van der Waals surface area contributed by atoms with E-state index in [-0.39, 0.29) is 16.9 Å². The molecule has 0 aliphatic rings. The van der Waals surface area contributed by atoms with Crippen LogP contribution in [0.5, 0.6) is 23.0 Å². The van der Waals surface area contributed by atoms with Crippen LogP contribution in [-0.4, -0.2) is 30.2 Å². The molecule has 0 fully saturated rings. The van der Waals surface area contributed by atoms with E-state index >= 15 is 4.39 Å². The summed E-state index contributed by atoms with van der Waals surface area (Å²) < 4.78 is 103. The minimum absolute atomic E-state index is 0.0294. The third-order valence-electron chi connectivity index (χ3n) is 4.70. The topological polar surface area (TPSA) is 113 Å². The molecule has 0 saturated heterocycles. The van der Waals surface area contributed by atoms with Gasteiger partial charge in [-0.15, -0.1) is 13.2 Å². The first-order chi connectivity index (χ1) is 18.0. The van der Waals surface area contributed by atoms with Crippen molar-refractivity contribution in [3.63, 3.8) is 0 Å². The van der Waals surface area contributed by atoms with E-state index in [1.807, 2.05) is 0 Å². The predicted molar refractivity (Wildman–Crippen MR) is 116 cm³/mol. The van der Waals surface area contributed by atoms with Crippen molar-refractivity contribution in [2.75, 3.05) is 12.4 Å². The number of nitrogens with two attached hydrogens (primary N) is 1. The summed E-state index contributed by atoms with van der Waals surface area (Å²) in [6.45, 7) is 2.83. The number of hydrogen-bond acceptors (Lipinski definition) is 6. The molecule has 0 unspecified atom stereocenters. The van der Waals surface area contributed by atoms with Gasteiger partial charge in [-0.2, -0.15) is 4.39 Å². The van der Waals surface area contributed by atoms with Gasteiger partial charge < -0.3 is 25.3 Å². The predicted octanol–water partition coefficient (Wildman–Crippen LogP) is 5.03. The first-order valence-corrected chi connectivity index (χ1v) is 9.79. The van der Waals surface area contributed by atoms with Crippen LogP contribution in [0.15, 0.2) is 36.5 Å². The Hall–Kier alpha value is -4.42. The number of nitrogens with zero attached hydrogens (tertiary/aromatic N) is 1. The lowest BCUT2D eigenvalue weighted by Crippen LogP contribution is -2.19. The van der Waals surface area contributed by atoms with E-state index in [2.05, 4.69) is 19.8 Å². The van der Waals surface area contributed by atoms with Crippen molar-refractivity contribution in [1.82, 2.24) is 4.98 Å². The van der Waals surface area contributed by atoms with E-state index < -0.39 is 65.4 Å². The number of carbonyl (C=O) groups is 2. The molecule has 3 aromatic rings. The molecule has 0 atom stereocenters. The number of rotatable bonds is 7. The lowest BCUT2D eigenvalue weighted by atomic mass is 10.1. The fourth-order valence-electron chi connectivity index (χ4n) is 2.95. The Morgan fingerprint density at radius 2 is 1.69 bits per heavy atom. The zero-order valence-corrected chi connectivity index (χ0v) is 18.4. The summed E-state index contributed by atoms with van der Waals surface area (Å²) in [6.07, 6.45) is -4.10. The van der Waals surface area contributed by atoms with Crippen LogP contribution in [0.4, 0.5) is 27.6 Å². The highest BCUT2D eigenvalue weighted by molar-refractivity contribution is 6.07. The van der Waals surface area contributed by atoms with Crippen molar-refractivity contribution in [1.29, 1.82) is 0 Å². The summed E-state index contributed by atoms with van der Waals surface area (Å²) >= 11 is 0. The molecule has 13 heteroatoms. The highest BCUT2D eigenvalue weighted by atomic mass is 19.4. The molecule has 0 aliphatic carbocycles. The molecule has 0 saturated carbocycles. The molecule has 0 bridgehead atoms. The van der Waals surface area contributed by atoms with Crippen molar-refractivity contribution in [3.8, 4) is 23.0 Å². The third kappa shape index (κ3) is 5.62. The van der Waals surface area contributed by atoms with Gasteiger partial charge in [0.05, 0.1) is 11.2 Å². The van der Waals surface area contributed by atoms with Gasteiger partial charge in [-0.05, 0) is 49.2 Å². The number of pyridine rings is 1. The summed E-state index contributed by atoms with van der Waals surface area (Å²) in [6, 6.07) is 4.54. The maximum Gasteiger partial charge on any atom is 0.573 e. The molecule has 3 rings (SSSR count). The van der Waals surface area contributed by atoms with Crippen LogP contribution in [0.25, 0.3) is 0 Å². The highest BCUT2D eigenvalue weighted by Gasteiger charge is 2.34. The summed E-state index contributed by atoms with van der Waals surface area (Å²) in [5.74, 6) is -9.15. The Balaban J connectivity index is 2.09. The second-order valence-corrected chi connectivity index (χ2v) is 7.23. The Kier molecular flexibility index (Phi) is 6.17. The van der Waals surface area contributed by atoms with Crippen molar-refractivity contribution >= 4 is 17.5 Å². The van der Waals surface area contributed by atoms with Gasteiger partial charge in [0.15, 0.2) is 11.5 Å². The number of anilines is 1. The van der Waals surface area contributed by atoms with Crippen LogP contribution >= 0.6 is 0 Å². The van der Waals surface area contributed by atoms with Crippen LogP contribution in [0.3, 0.4) is 0 Å². The van der Waals surface area contributed by atoms with E-state index in [4.69, 9.17) is 14.6 Å². The average molecular weight is 514 g/mol. The lowest BCUT2D eigenvalue weighted by molar-refractivity contribution is -0.275. The molecule has 190 valence electrons. The maximum atomic E-state index is 15.2. The molecule has 1 heterocycles. The number of methoxy groups -OCH3 is 1. The molecule has 0 radical (unpaired) electrons. The minimum atomic E-state index is -5.33. The summed E-state index contributed by atoms with van der Waals surface area (Å²) in [7, 11) is -3.36. The van der Waals surface area contributed by atoms with Gasteiger partial charge in [0.1, 0.15) is 22.8 Å². The smallest absolute Gasteiger partial charge is 0.490 e. The van der Waals surface area contributed by atoms with E-state index in [0.29, 0.717) is 17.7 Å². The van der Waals surface area contributed by atoms with Crippen molar-refractivity contribution < 1.29 is 49.9 Å².